The average Bonchev–Trinajstić information content (AvgIpc) is 2.36. The van der Waals surface area contributed by atoms with E-state index in [1.807, 2.05) is 12.3 Å². The van der Waals surface area contributed by atoms with Gasteiger partial charge in [-0.3, -0.25) is 4.98 Å². The molecule has 19 heavy (non-hydrogen) atoms. The molecular formula is C16H23NO2. The molecule has 2 atom stereocenters. The summed E-state index contributed by atoms with van der Waals surface area (Å²) in [6, 6.07) is 4.15. The zero-order valence-electron chi connectivity index (χ0n) is 11.9. The van der Waals surface area contributed by atoms with E-state index < -0.39 is 5.60 Å². The second kappa shape index (κ2) is 4.57. The molecule has 0 spiro atoms. The van der Waals surface area contributed by atoms with Gasteiger partial charge in [-0.05, 0) is 44.7 Å². The normalized spacial score (nSPS) is 33.7. The van der Waals surface area contributed by atoms with Crippen LogP contribution in [0.3, 0.4) is 0 Å². The molecule has 3 rings (SSSR count). The van der Waals surface area contributed by atoms with Gasteiger partial charge in [0.2, 0.25) is 0 Å². The number of pyridine rings is 1. The van der Waals surface area contributed by atoms with E-state index >= 15 is 0 Å². The highest BCUT2D eigenvalue weighted by atomic mass is 16.5. The SMILES string of the molecule is CC1(C)CC(O)(C2CCCc3cccnc32)CCO1. The van der Waals surface area contributed by atoms with Crippen LogP contribution in [0.4, 0.5) is 0 Å². The number of aryl methyl sites for hydroxylation is 1. The Morgan fingerprint density at radius 3 is 3.05 bits per heavy atom. The fraction of sp³-hybridized carbons (Fsp3) is 0.688. The molecule has 1 fully saturated rings. The fourth-order valence-electron chi connectivity index (χ4n) is 3.81. The molecule has 1 aromatic rings. The standard InChI is InChI=1S/C16H23NO2/c1-15(2)11-16(18,8-10-19-15)13-7-3-5-12-6-4-9-17-14(12)13/h4,6,9,13,18H,3,5,7-8,10-11H2,1-2H3. The monoisotopic (exact) mass is 261 g/mol. The lowest BCUT2D eigenvalue weighted by molar-refractivity contribution is -0.155. The van der Waals surface area contributed by atoms with Crippen molar-refractivity contribution in [2.24, 2.45) is 0 Å². The van der Waals surface area contributed by atoms with E-state index in [2.05, 4.69) is 24.9 Å². The number of fused-ring (bicyclic) bond motifs is 1. The van der Waals surface area contributed by atoms with Gasteiger partial charge >= 0.3 is 0 Å². The smallest absolute Gasteiger partial charge is 0.0780 e. The van der Waals surface area contributed by atoms with E-state index in [0.717, 1.165) is 31.4 Å². The summed E-state index contributed by atoms with van der Waals surface area (Å²) in [7, 11) is 0. The average molecular weight is 261 g/mol. The highest BCUT2D eigenvalue weighted by Gasteiger charge is 2.46. The van der Waals surface area contributed by atoms with Gasteiger partial charge in [0.25, 0.3) is 0 Å². The van der Waals surface area contributed by atoms with Gasteiger partial charge in [0.05, 0.1) is 17.8 Å². The lowest BCUT2D eigenvalue weighted by atomic mass is 9.69. The molecule has 2 unspecified atom stereocenters. The minimum absolute atomic E-state index is 0.167. The topological polar surface area (TPSA) is 42.4 Å². The summed E-state index contributed by atoms with van der Waals surface area (Å²) in [5.41, 5.74) is 1.54. The predicted molar refractivity (Wildman–Crippen MR) is 74.1 cm³/mol. The number of rotatable bonds is 1. The summed E-state index contributed by atoms with van der Waals surface area (Å²) in [6.45, 7) is 4.78. The first-order chi connectivity index (χ1) is 9.00. The Bertz CT molecular complexity index is 472. The Morgan fingerprint density at radius 1 is 1.42 bits per heavy atom. The van der Waals surface area contributed by atoms with Crippen LogP contribution in [0.25, 0.3) is 0 Å². The maximum absolute atomic E-state index is 11.2. The summed E-state index contributed by atoms with van der Waals surface area (Å²) in [5.74, 6) is 0.167. The van der Waals surface area contributed by atoms with Crippen molar-refractivity contribution in [1.82, 2.24) is 4.98 Å². The molecule has 0 saturated carbocycles. The minimum atomic E-state index is -0.661. The van der Waals surface area contributed by atoms with Crippen LogP contribution in [-0.4, -0.2) is 27.9 Å². The van der Waals surface area contributed by atoms with Crippen molar-refractivity contribution in [2.75, 3.05) is 6.61 Å². The van der Waals surface area contributed by atoms with E-state index in [1.54, 1.807) is 0 Å². The molecule has 1 aromatic heterocycles. The Labute approximate surface area is 115 Å². The van der Waals surface area contributed by atoms with Crippen LogP contribution in [-0.2, 0) is 11.2 Å². The van der Waals surface area contributed by atoms with Crippen LogP contribution >= 0.6 is 0 Å². The van der Waals surface area contributed by atoms with Gasteiger partial charge in [-0.2, -0.15) is 0 Å². The van der Waals surface area contributed by atoms with Crippen molar-refractivity contribution < 1.29 is 9.84 Å². The second-order valence-electron chi connectivity index (χ2n) is 6.63. The van der Waals surface area contributed by atoms with E-state index in [-0.39, 0.29) is 11.5 Å². The van der Waals surface area contributed by atoms with Gasteiger partial charge < -0.3 is 9.84 Å². The predicted octanol–water partition coefficient (Wildman–Crippen LogP) is 2.82. The summed E-state index contributed by atoms with van der Waals surface area (Å²) in [5, 5.41) is 11.2. The summed E-state index contributed by atoms with van der Waals surface area (Å²) in [4.78, 5) is 4.57. The minimum Gasteiger partial charge on any atom is -0.389 e. The van der Waals surface area contributed by atoms with Crippen LogP contribution in [0.2, 0.25) is 0 Å². The summed E-state index contributed by atoms with van der Waals surface area (Å²) in [6.07, 6.45) is 6.54. The number of hydrogen-bond donors (Lipinski definition) is 1. The molecule has 2 heterocycles. The first-order valence-corrected chi connectivity index (χ1v) is 7.30. The van der Waals surface area contributed by atoms with Crippen molar-refractivity contribution in [2.45, 2.75) is 63.1 Å². The molecule has 0 amide bonds. The molecule has 1 saturated heterocycles. The van der Waals surface area contributed by atoms with E-state index in [0.29, 0.717) is 13.0 Å². The molecule has 3 heteroatoms. The Kier molecular flexibility index (Phi) is 3.14. The Balaban J connectivity index is 1.94. The Morgan fingerprint density at radius 2 is 2.26 bits per heavy atom. The highest BCUT2D eigenvalue weighted by molar-refractivity contribution is 5.29. The van der Waals surface area contributed by atoms with Gasteiger partial charge in [0.15, 0.2) is 0 Å². The quantitative estimate of drug-likeness (QED) is 0.845. The molecule has 2 aliphatic rings. The van der Waals surface area contributed by atoms with Crippen LogP contribution in [0.5, 0.6) is 0 Å². The van der Waals surface area contributed by atoms with Crippen LogP contribution in [0, 0.1) is 0 Å². The molecule has 1 aliphatic carbocycles. The second-order valence-corrected chi connectivity index (χ2v) is 6.63. The van der Waals surface area contributed by atoms with Crippen LogP contribution in [0.1, 0.15) is 56.7 Å². The number of nitrogens with zero attached hydrogens (tertiary/aromatic N) is 1. The molecule has 0 bridgehead atoms. The maximum atomic E-state index is 11.2. The third-order valence-corrected chi connectivity index (χ3v) is 4.60. The van der Waals surface area contributed by atoms with E-state index in [4.69, 9.17) is 4.74 Å². The lowest BCUT2D eigenvalue weighted by Gasteiger charge is -2.46. The number of ether oxygens (including phenoxy) is 1. The number of aromatic nitrogens is 1. The first-order valence-electron chi connectivity index (χ1n) is 7.30. The zero-order chi connectivity index (χ0) is 13.5. The van der Waals surface area contributed by atoms with Crippen molar-refractivity contribution in [1.29, 1.82) is 0 Å². The number of aliphatic hydroxyl groups is 1. The molecule has 104 valence electrons. The van der Waals surface area contributed by atoms with Crippen LogP contribution < -0.4 is 0 Å². The van der Waals surface area contributed by atoms with Crippen LogP contribution in [0.15, 0.2) is 18.3 Å². The maximum Gasteiger partial charge on any atom is 0.0780 e. The van der Waals surface area contributed by atoms with Crippen molar-refractivity contribution in [3.8, 4) is 0 Å². The number of hydrogen-bond acceptors (Lipinski definition) is 3. The van der Waals surface area contributed by atoms with Crippen molar-refractivity contribution >= 4 is 0 Å². The van der Waals surface area contributed by atoms with Crippen molar-refractivity contribution in [3.05, 3.63) is 29.6 Å². The van der Waals surface area contributed by atoms with Gasteiger partial charge in [0.1, 0.15) is 0 Å². The molecule has 3 nitrogen and oxygen atoms in total. The van der Waals surface area contributed by atoms with E-state index in [9.17, 15) is 5.11 Å². The van der Waals surface area contributed by atoms with Gasteiger partial charge in [-0.1, -0.05) is 6.07 Å². The zero-order valence-corrected chi connectivity index (χ0v) is 11.9. The molecular weight excluding hydrogens is 238 g/mol. The highest BCUT2D eigenvalue weighted by Crippen LogP contribution is 2.46. The van der Waals surface area contributed by atoms with Gasteiger partial charge in [-0.25, -0.2) is 0 Å². The largest absolute Gasteiger partial charge is 0.389 e. The van der Waals surface area contributed by atoms with Crippen molar-refractivity contribution in [3.63, 3.8) is 0 Å². The Hall–Kier alpha value is -0.930. The molecule has 0 radical (unpaired) electrons. The molecule has 1 N–H and O–H groups in total. The summed E-state index contributed by atoms with van der Waals surface area (Å²) >= 11 is 0. The summed E-state index contributed by atoms with van der Waals surface area (Å²) < 4.78 is 5.76. The molecule has 1 aliphatic heterocycles. The van der Waals surface area contributed by atoms with Gasteiger partial charge in [0, 0.05) is 30.7 Å². The van der Waals surface area contributed by atoms with E-state index in [1.165, 1.54) is 5.56 Å². The molecule has 0 aromatic carbocycles. The third-order valence-electron chi connectivity index (χ3n) is 4.60. The third kappa shape index (κ3) is 2.41. The first kappa shape index (κ1) is 13.1. The fourth-order valence-corrected chi connectivity index (χ4v) is 3.81. The lowest BCUT2D eigenvalue weighted by Crippen LogP contribution is -2.50. The van der Waals surface area contributed by atoms with Gasteiger partial charge in [-0.15, -0.1) is 0 Å².